The predicted molar refractivity (Wildman–Crippen MR) is 128 cm³/mol. The Morgan fingerprint density at radius 2 is 1.86 bits per heavy atom. The van der Waals surface area contributed by atoms with Gasteiger partial charge in [0.1, 0.15) is 28.1 Å². The van der Waals surface area contributed by atoms with E-state index in [2.05, 4.69) is 15.3 Å². The van der Waals surface area contributed by atoms with Gasteiger partial charge in [-0.1, -0.05) is 0 Å². The lowest BCUT2D eigenvalue weighted by molar-refractivity contribution is -0.402. The van der Waals surface area contributed by atoms with E-state index in [4.69, 9.17) is 9.15 Å². The van der Waals surface area contributed by atoms with Gasteiger partial charge in [-0.3, -0.25) is 10.1 Å². The maximum atomic E-state index is 15.1. The van der Waals surface area contributed by atoms with Gasteiger partial charge in [0.2, 0.25) is 0 Å². The van der Waals surface area contributed by atoms with Crippen LogP contribution in [0.3, 0.4) is 0 Å². The van der Waals surface area contributed by atoms with Gasteiger partial charge in [0.05, 0.1) is 30.5 Å². The quantitative estimate of drug-likeness (QED) is 0.230. The summed E-state index contributed by atoms with van der Waals surface area (Å²) in [5, 5.41) is 24.0. The number of aromatic hydroxyl groups is 1. The monoisotopic (exact) mass is 477 g/mol. The Kier molecular flexibility index (Phi) is 5.98. The summed E-state index contributed by atoms with van der Waals surface area (Å²) in [7, 11) is 0. The maximum absolute atomic E-state index is 15.1. The van der Waals surface area contributed by atoms with Crippen molar-refractivity contribution in [3.05, 3.63) is 76.0 Å². The first-order chi connectivity index (χ1) is 17.0. The van der Waals surface area contributed by atoms with Crippen molar-refractivity contribution in [2.24, 2.45) is 0 Å². The minimum absolute atomic E-state index is 0.112. The van der Waals surface area contributed by atoms with Crippen molar-refractivity contribution in [2.75, 3.05) is 36.5 Å². The van der Waals surface area contributed by atoms with Crippen molar-refractivity contribution in [2.45, 2.75) is 0 Å². The van der Waals surface area contributed by atoms with E-state index in [-0.39, 0.29) is 23.2 Å². The molecule has 4 aromatic rings. The smallest absolute Gasteiger partial charge is 0.433 e. The number of nitrogens with zero attached hydrogens (tertiary/aromatic N) is 4. The molecule has 178 valence electrons. The van der Waals surface area contributed by atoms with Crippen molar-refractivity contribution < 1.29 is 23.6 Å². The molecule has 0 amide bonds. The van der Waals surface area contributed by atoms with Gasteiger partial charge in [0, 0.05) is 24.2 Å². The molecule has 0 unspecified atom stereocenters. The van der Waals surface area contributed by atoms with Crippen LogP contribution in [0.2, 0.25) is 0 Å². The second-order valence-electron chi connectivity index (χ2n) is 7.79. The Bertz CT molecular complexity index is 1410. The number of hydrogen-bond acceptors (Lipinski definition) is 9. The molecule has 0 aliphatic carbocycles. The number of phenolic OH excluding ortho intramolecular Hbond substituents is 1. The lowest BCUT2D eigenvalue weighted by Crippen LogP contribution is -2.36. The number of hydrogen-bond donors (Lipinski definition) is 2. The topological polar surface area (TPSA) is 127 Å². The third-order valence-electron chi connectivity index (χ3n) is 5.45. The fraction of sp³-hybridized carbons (Fsp3) is 0.167. The molecule has 0 bridgehead atoms. The second-order valence-corrected chi connectivity index (χ2v) is 7.79. The number of benzene rings is 2. The minimum Gasteiger partial charge on any atom is -0.508 e. The first kappa shape index (κ1) is 22.3. The SMILES string of the molecule is O=[N+]([O-])c1ccc(/C=C/c2nc(Nc3ccc(O)cc3)c3cc(F)c(N4CCOCC4)cc3n2)o1. The van der Waals surface area contributed by atoms with Crippen molar-refractivity contribution in [1.29, 1.82) is 0 Å². The Morgan fingerprint density at radius 1 is 1.09 bits per heavy atom. The van der Waals surface area contributed by atoms with Crippen LogP contribution in [0.15, 0.2) is 52.9 Å². The van der Waals surface area contributed by atoms with E-state index < -0.39 is 10.7 Å². The summed E-state index contributed by atoms with van der Waals surface area (Å²) in [6.45, 7) is 2.16. The zero-order valence-corrected chi connectivity index (χ0v) is 18.3. The lowest BCUT2D eigenvalue weighted by Gasteiger charge is -2.29. The molecule has 1 saturated heterocycles. The molecule has 1 aliphatic heterocycles. The van der Waals surface area contributed by atoms with Crippen molar-refractivity contribution in [3.8, 4) is 5.75 Å². The molecule has 2 N–H and O–H groups in total. The van der Waals surface area contributed by atoms with E-state index in [0.717, 1.165) is 0 Å². The molecule has 2 aromatic carbocycles. The number of nitrogens with one attached hydrogen (secondary N) is 1. The van der Waals surface area contributed by atoms with Gasteiger partial charge in [0.15, 0.2) is 5.82 Å². The molecular weight excluding hydrogens is 457 g/mol. The number of furan rings is 1. The van der Waals surface area contributed by atoms with E-state index >= 15 is 4.39 Å². The van der Waals surface area contributed by atoms with E-state index in [9.17, 15) is 15.2 Å². The number of nitro groups is 1. The number of halogens is 1. The van der Waals surface area contributed by atoms with E-state index in [1.807, 2.05) is 4.90 Å². The fourth-order valence-electron chi connectivity index (χ4n) is 3.74. The van der Waals surface area contributed by atoms with Crippen LogP contribution in [-0.4, -0.2) is 46.3 Å². The molecule has 0 saturated carbocycles. The highest BCUT2D eigenvalue weighted by molar-refractivity contribution is 5.94. The summed E-state index contributed by atoms with van der Waals surface area (Å²) in [5.41, 5.74) is 1.57. The van der Waals surface area contributed by atoms with Crippen LogP contribution in [0.1, 0.15) is 11.6 Å². The predicted octanol–water partition coefficient (Wildman–Crippen LogP) is 4.73. The highest BCUT2D eigenvalue weighted by atomic mass is 19.1. The molecule has 1 aliphatic rings. The van der Waals surface area contributed by atoms with Crippen molar-refractivity contribution in [3.63, 3.8) is 0 Å². The third kappa shape index (κ3) is 4.89. The number of phenols is 1. The van der Waals surface area contributed by atoms with Crippen LogP contribution in [0, 0.1) is 15.9 Å². The molecule has 11 heteroatoms. The average molecular weight is 477 g/mol. The number of ether oxygens (including phenoxy) is 1. The van der Waals surface area contributed by atoms with Gasteiger partial charge in [-0.15, -0.1) is 0 Å². The molecule has 0 radical (unpaired) electrons. The molecule has 0 spiro atoms. The molecule has 5 rings (SSSR count). The molecule has 1 fully saturated rings. The van der Waals surface area contributed by atoms with E-state index in [1.54, 1.807) is 24.3 Å². The van der Waals surface area contributed by atoms with Crippen LogP contribution in [0.4, 0.5) is 27.5 Å². The number of morpholine rings is 1. The summed E-state index contributed by atoms with van der Waals surface area (Å²) in [6.07, 6.45) is 3.08. The van der Waals surface area contributed by atoms with Crippen molar-refractivity contribution in [1.82, 2.24) is 9.97 Å². The van der Waals surface area contributed by atoms with E-state index in [0.29, 0.717) is 54.4 Å². The summed E-state index contributed by atoms with van der Waals surface area (Å²) < 4.78 is 25.7. The summed E-state index contributed by atoms with van der Waals surface area (Å²) in [6, 6.07) is 12.2. The molecule has 10 nitrogen and oxygen atoms in total. The molecule has 2 aromatic heterocycles. The summed E-state index contributed by atoms with van der Waals surface area (Å²) in [5.74, 6) is 0.255. The van der Waals surface area contributed by atoms with Crippen LogP contribution >= 0.6 is 0 Å². The minimum atomic E-state index is -0.620. The van der Waals surface area contributed by atoms with Gasteiger partial charge < -0.3 is 24.5 Å². The summed E-state index contributed by atoms with van der Waals surface area (Å²) in [4.78, 5) is 21.2. The van der Waals surface area contributed by atoms with E-state index in [1.165, 1.54) is 36.4 Å². The Hall–Kier alpha value is -4.51. The first-order valence-electron chi connectivity index (χ1n) is 10.8. The molecule has 0 atom stereocenters. The van der Waals surface area contributed by atoms with Crippen molar-refractivity contribution >= 4 is 46.1 Å². The van der Waals surface area contributed by atoms with Gasteiger partial charge in [-0.2, -0.15) is 0 Å². The highest BCUT2D eigenvalue weighted by Gasteiger charge is 2.18. The Balaban J connectivity index is 1.57. The number of rotatable bonds is 6. The standard InChI is InChI=1S/C24H20FN5O5/c25-19-13-18-20(14-21(19)29-9-11-34-12-10-29)27-22(7-5-17-6-8-23(35-17)30(32)33)28-24(18)26-15-1-3-16(31)4-2-15/h1-8,13-14,31H,9-12H2,(H,26,27,28)/b7-5+. The lowest BCUT2D eigenvalue weighted by atomic mass is 10.1. The molecular formula is C24H20FN5O5. The number of anilines is 3. The van der Waals surface area contributed by atoms with Gasteiger partial charge >= 0.3 is 5.88 Å². The Labute approximate surface area is 198 Å². The normalized spacial score (nSPS) is 14.0. The zero-order chi connectivity index (χ0) is 24.4. The van der Waals surface area contributed by atoms with Gasteiger partial charge in [-0.25, -0.2) is 14.4 Å². The van der Waals surface area contributed by atoms with Crippen LogP contribution in [0.5, 0.6) is 5.75 Å². The molecule has 3 heterocycles. The zero-order valence-electron chi connectivity index (χ0n) is 18.3. The highest BCUT2D eigenvalue weighted by Crippen LogP contribution is 2.31. The fourth-order valence-corrected chi connectivity index (χ4v) is 3.74. The summed E-state index contributed by atoms with van der Waals surface area (Å²) >= 11 is 0. The number of aromatic nitrogens is 2. The van der Waals surface area contributed by atoms with Gasteiger partial charge in [0.25, 0.3) is 0 Å². The largest absolute Gasteiger partial charge is 0.508 e. The maximum Gasteiger partial charge on any atom is 0.433 e. The van der Waals surface area contributed by atoms with Gasteiger partial charge in [-0.05, 0) is 54.6 Å². The van der Waals surface area contributed by atoms with Crippen LogP contribution in [0.25, 0.3) is 23.1 Å². The number of fused-ring (bicyclic) bond motifs is 1. The Morgan fingerprint density at radius 3 is 2.57 bits per heavy atom. The average Bonchev–Trinajstić information content (AvgIpc) is 3.34. The van der Waals surface area contributed by atoms with Crippen LogP contribution < -0.4 is 10.2 Å². The molecule has 35 heavy (non-hydrogen) atoms. The second kappa shape index (κ2) is 9.39. The van der Waals surface area contributed by atoms with Crippen LogP contribution in [-0.2, 0) is 4.74 Å². The third-order valence-corrected chi connectivity index (χ3v) is 5.45. The first-order valence-corrected chi connectivity index (χ1v) is 10.8.